The van der Waals surface area contributed by atoms with Gasteiger partial charge in [0.1, 0.15) is 23.6 Å². The van der Waals surface area contributed by atoms with Gasteiger partial charge in [-0.2, -0.15) is 5.48 Å². The van der Waals surface area contributed by atoms with Crippen molar-refractivity contribution in [1.29, 1.82) is 0 Å². The normalized spacial score (nSPS) is 35.2. The van der Waals surface area contributed by atoms with Crippen LogP contribution in [0.1, 0.15) is 60.9 Å². The van der Waals surface area contributed by atoms with Crippen molar-refractivity contribution in [2.45, 2.75) is 68.8 Å². The molecule has 6 aliphatic rings. The van der Waals surface area contributed by atoms with E-state index in [4.69, 9.17) is 10.6 Å². The van der Waals surface area contributed by atoms with Crippen molar-refractivity contribution in [3.8, 4) is 5.75 Å². The average Bonchev–Trinajstić information content (AvgIpc) is 3.00. The van der Waals surface area contributed by atoms with Gasteiger partial charge in [0.15, 0.2) is 17.1 Å². The number of phenolic OH excluding ortho intramolecular Hbond substituents is 1. The molecule has 0 heterocycles. The monoisotopic (exact) mass is 640 g/mol. The summed E-state index contributed by atoms with van der Waals surface area (Å²) in [4.78, 5) is 59.6. The van der Waals surface area contributed by atoms with Gasteiger partial charge in [-0.15, -0.1) is 0 Å². The first-order valence-corrected chi connectivity index (χ1v) is 15.6. The Labute approximate surface area is 264 Å². The highest BCUT2D eigenvalue weighted by molar-refractivity contribution is 6.25. The minimum Gasteiger partial charge on any atom is -0.510 e. The highest BCUT2D eigenvalue weighted by Gasteiger charge is 2.67. The minimum atomic E-state index is -3.01. The number of hydrogen-bond donors (Lipinski definition) is 8. The second-order valence-corrected chi connectivity index (χ2v) is 13.5. The third kappa shape index (κ3) is 4.65. The molecule has 7 atom stereocenters. The van der Waals surface area contributed by atoms with E-state index >= 15 is 0 Å². The molecule has 0 saturated heterocycles. The van der Waals surface area contributed by atoms with Crippen molar-refractivity contribution < 1.29 is 49.5 Å². The standard InChI is InChI=1S/C32H40N4O10/c1-12-15-8-9-16(35-18(37)11-34-46-17-10-13-4-6-14(17)7-5-13)25(38)20(15)26(39)21-19(12)27(40)23-24(36(2)3)28(41)22(31(33)44)30(43)32(23,45)29(21)42/h8-9,12-14,17,19,23-24,27,34,38,40-42,45H,4-7,10-11H2,1-3H3,(H2,33,44)(H,35,37)/t12?,13?,14?,17?,19?,23?,24-,27?,32?/m0/s1. The van der Waals surface area contributed by atoms with E-state index in [1.807, 2.05) is 0 Å². The molecule has 248 valence electrons. The number of anilines is 1. The molecule has 6 aliphatic carbocycles. The zero-order valence-electron chi connectivity index (χ0n) is 25.8. The van der Waals surface area contributed by atoms with Crippen molar-refractivity contribution in [2.24, 2.45) is 29.4 Å². The van der Waals surface area contributed by atoms with Crippen LogP contribution in [-0.2, 0) is 19.2 Å². The molecule has 0 aromatic heterocycles. The zero-order valence-corrected chi connectivity index (χ0v) is 25.8. The van der Waals surface area contributed by atoms with Crippen LogP contribution < -0.4 is 16.5 Å². The molecule has 46 heavy (non-hydrogen) atoms. The van der Waals surface area contributed by atoms with Gasteiger partial charge < -0.3 is 36.6 Å². The fraction of sp³-hybridized carbons (Fsp3) is 0.562. The second kappa shape index (κ2) is 11.5. The number of likely N-dealkylation sites (N-methyl/N-ethyl adjacent to an activating group) is 1. The zero-order chi connectivity index (χ0) is 33.4. The predicted octanol–water partition coefficient (Wildman–Crippen LogP) is 0.691. The molecule has 3 fully saturated rings. The Bertz CT molecular complexity index is 1580. The number of rotatable bonds is 7. The molecule has 0 spiro atoms. The number of nitrogens with two attached hydrogens (primary N) is 1. The molecule has 6 unspecified atom stereocenters. The first kappa shape index (κ1) is 32.1. The van der Waals surface area contributed by atoms with Crippen molar-refractivity contribution >= 4 is 29.1 Å². The first-order valence-electron chi connectivity index (χ1n) is 15.6. The van der Waals surface area contributed by atoms with Gasteiger partial charge in [0.25, 0.3) is 5.91 Å². The van der Waals surface area contributed by atoms with Crippen LogP contribution in [0.3, 0.4) is 0 Å². The lowest BCUT2D eigenvalue weighted by Gasteiger charge is -2.53. The summed E-state index contributed by atoms with van der Waals surface area (Å²) in [5.41, 5.74) is 3.48. The number of benzene rings is 1. The van der Waals surface area contributed by atoms with Crippen molar-refractivity contribution in [2.75, 3.05) is 26.0 Å². The van der Waals surface area contributed by atoms with Gasteiger partial charge in [-0.3, -0.25) is 28.9 Å². The number of hydrogen-bond acceptors (Lipinski definition) is 12. The summed E-state index contributed by atoms with van der Waals surface area (Å²) in [7, 11) is 2.94. The molecular weight excluding hydrogens is 600 g/mol. The number of carbonyl (C=O) groups excluding carboxylic acids is 4. The first-order chi connectivity index (χ1) is 21.7. The van der Waals surface area contributed by atoms with E-state index in [2.05, 4.69) is 10.8 Å². The van der Waals surface area contributed by atoms with Crippen LogP contribution >= 0.6 is 0 Å². The van der Waals surface area contributed by atoms with Gasteiger partial charge in [-0.05, 0) is 75.6 Å². The average molecular weight is 641 g/mol. The number of aliphatic hydroxyl groups excluding tert-OH is 3. The third-order valence-corrected chi connectivity index (χ3v) is 10.9. The van der Waals surface area contributed by atoms with E-state index < -0.39 is 87.3 Å². The molecular formula is C32H40N4O10. The number of Topliss-reactive ketones (excluding diaryl/α,β-unsaturated/α-hetero) is 2. The highest BCUT2D eigenvalue weighted by atomic mass is 16.7. The molecule has 3 saturated carbocycles. The Kier molecular flexibility index (Phi) is 8.00. The Hall–Kier alpha value is -3.82. The van der Waals surface area contributed by atoms with Crippen LogP contribution in [0, 0.1) is 23.7 Å². The fourth-order valence-electron chi connectivity index (χ4n) is 8.59. The molecule has 1 aromatic rings. The Balaban J connectivity index is 1.30. The number of carbonyl (C=O) groups is 4. The van der Waals surface area contributed by atoms with Crippen LogP contribution in [-0.4, -0.2) is 98.3 Å². The quantitative estimate of drug-likeness (QED) is 0.117. The number of aromatic hydroxyl groups is 1. The summed E-state index contributed by atoms with van der Waals surface area (Å²) in [6.45, 7) is 1.41. The lowest BCUT2D eigenvalue weighted by atomic mass is 9.55. The summed E-state index contributed by atoms with van der Waals surface area (Å²) in [5.74, 6) is -9.29. The Morgan fingerprint density at radius 2 is 1.78 bits per heavy atom. The van der Waals surface area contributed by atoms with Gasteiger partial charge in [-0.1, -0.05) is 13.0 Å². The molecule has 7 rings (SSSR count). The molecule has 0 aliphatic heterocycles. The number of primary amides is 1. The molecule has 9 N–H and O–H groups in total. The van der Waals surface area contributed by atoms with E-state index in [-0.39, 0.29) is 23.9 Å². The van der Waals surface area contributed by atoms with Crippen LogP contribution in [0.5, 0.6) is 5.75 Å². The van der Waals surface area contributed by atoms with Gasteiger partial charge in [0.05, 0.1) is 35.4 Å². The predicted molar refractivity (Wildman–Crippen MR) is 161 cm³/mol. The molecule has 14 heteroatoms. The Morgan fingerprint density at radius 3 is 2.37 bits per heavy atom. The van der Waals surface area contributed by atoms with Crippen LogP contribution in [0.4, 0.5) is 5.69 Å². The van der Waals surface area contributed by atoms with Crippen molar-refractivity contribution in [3.63, 3.8) is 0 Å². The topological polar surface area (TPSA) is 232 Å². The largest absolute Gasteiger partial charge is 0.510 e. The molecule has 2 amide bonds. The van der Waals surface area contributed by atoms with E-state index in [1.54, 1.807) is 6.92 Å². The number of nitrogens with zero attached hydrogens (tertiary/aromatic N) is 1. The number of amides is 2. The van der Waals surface area contributed by atoms with E-state index in [0.717, 1.165) is 19.3 Å². The maximum Gasteiger partial charge on any atom is 0.255 e. The molecule has 0 radical (unpaired) electrons. The second-order valence-electron chi connectivity index (χ2n) is 13.5. The lowest BCUT2D eigenvalue weighted by Crippen LogP contribution is -2.68. The molecule has 2 bridgehead atoms. The smallest absolute Gasteiger partial charge is 0.255 e. The van der Waals surface area contributed by atoms with Gasteiger partial charge in [-0.25, -0.2) is 0 Å². The Morgan fingerprint density at radius 1 is 1.11 bits per heavy atom. The van der Waals surface area contributed by atoms with Crippen molar-refractivity contribution in [3.05, 3.63) is 45.9 Å². The van der Waals surface area contributed by atoms with Crippen LogP contribution in [0.25, 0.3) is 0 Å². The SMILES string of the molecule is CC1c2ccc(NC(=O)CNOC3CC4CCC3CC4)c(O)c2C(=O)C2=C(O)C3(O)C(=O)C(C(N)=O)=C(O)[C@@H](N(C)C)C3C(O)C21. The van der Waals surface area contributed by atoms with Crippen LogP contribution in [0.2, 0.25) is 0 Å². The van der Waals surface area contributed by atoms with E-state index in [9.17, 15) is 44.7 Å². The van der Waals surface area contributed by atoms with Gasteiger partial charge in [0.2, 0.25) is 11.7 Å². The fourth-order valence-corrected chi connectivity index (χ4v) is 8.59. The highest BCUT2D eigenvalue weighted by Crippen LogP contribution is 2.56. The lowest BCUT2D eigenvalue weighted by molar-refractivity contribution is -0.162. The summed E-state index contributed by atoms with van der Waals surface area (Å²) in [6, 6.07) is 1.58. The third-order valence-electron chi connectivity index (χ3n) is 10.9. The number of phenols is 1. The summed E-state index contributed by atoms with van der Waals surface area (Å²) in [6.07, 6.45) is 3.91. The van der Waals surface area contributed by atoms with Crippen molar-refractivity contribution in [1.82, 2.24) is 10.4 Å². The number of ketones is 2. The number of hydroxylamine groups is 1. The molecule has 1 aromatic carbocycles. The van der Waals surface area contributed by atoms with Gasteiger partial charge >= 0.3 is 0 Å². The summed E-state index contributed by atoms with van der Waals surface area (Å²) in [5, 5.41) is 59.7. The van der Waals surface area contributed by atoms with E-state index in [1.165, 1.54) is 44.0 Å². The summed E-state index contributed by atoms with van der Waals surface area (Å²) < 4.78 is 0. The minimum absolute atomic E-state index is 0.0354. The number of aliphatic hydroxyl groups is 4. The number of nitrogens with one attached hydrogen (secondary N) is 2. The molecule has 14 nitrogen and oxygen atoms in total. The van der Waals surface area contributed by atoms with Gasteiger partial charge in [0, 0.05) is 11.5 Å². The maximum atomic E-state index is 14.0. The maximum absolute atomic E-state index is 14.0. The summed E-state index contributed by atoms with van der Waals surface area (Å²) >= 11 is 0. The number of fused-ring (bicyclic) bond motifs is 6. The van der Waals surface area contributed by atoms with Crippen LogP contribution in [0.15, 0.2) is 34.8 Å². The van der Waals surface area contributed by atoms with E-state index in [0.29, 0.717) is 17.4 Å².